The number of benzene rings is 1. The molecule has 0 saturated carbocycles. The highest BCUT2D eigenvalue weighted by molar-refractivity contribution is 9.10. The first-order valence-electron chi connectivity index (χ1n) is 13.0. The van der Waals surface area contributed by atoms with Gasteiger partial charge in [-0.05, 0) is 60.8 Å². The number of ether oxygens (including phenoxy) is 1. The van der Waals surface area contributed by atoms with E-state index in [0.717, 1.165) is 37.1 Å². The van der Waals surface area contributed by atoms with Crippen LogP contribution in [0.2, 0.25) is 0 Å². The van der Waals surface area contributed by atoms with Crippen molar-refractivity contribution in [1.82, 2.24) is 30.0 Å². The fraction of sp³-hybridized carbons (Fsp3) is 0.538. The topological polar surface area (TPSA) is 88.4 Å². The van der Waals surface area contributed by atoms with Gasteiger partial charge >= 0.3 is 6.01 Å². The van der Waals surface area contributed by atoms with Crippen LogP contribution in [0.4, 0.5) is 14.6 Å². The zero-order valence-corrected chi connectivity index (χ0v) is 23.0. The molecule has 3 aromatic rings. The number of aromatic nitrogens is 4. The lowest BCUT2D eigenvalue weighted by Crippen LogP contribution is -2.43. The van der Waals surface area contributed by atoms with E-state index < -0.39 is 12.0 Å². The van der Waals surface area contributed by atoms with Gasteiger partial charge in [0.15, 0.2) is 11.5 Å². The summed E-state index contributed by atoms with van der Waals surface area (Å²) in [4.78, 5) is 25.8. The number of halogens is 3. The van der Waals surface area contributed by atoms with Crippen LogP contribution in [0, 0.1) is 12.7 Å². The molecule has 0 unspecified atom stereocenters. The molecular formula is C26H30BrF2N7O2. The van der Waals surface area contributed by atoms with Gasteiger partial charge in [-0.15, -0.1) is 0 Å². The van der Waals surface area contributed by atoms with Crippen molar-refractivity contribution in [3.63, 3.8) is 0 Å². The van der Waals surface area contributed by atoms with Gasteiger partial charge in [0.1, 0.15) is 24.1 Å². The molecule has 5 heterocycles. The summed E-state index contributed by atoms with van der Waals surface area (Å²) in [6.45, 7) is 5.18. The van der Waals surface area contributed by atoms with Crippen molar-refractivity contribution >= 4 is 38.6 Å². The molecule has 1 N–H and O–H groups in total. The quantitative estimate of drug-likeness (QED) is 0.485. The van der Waals surface area contributed by atoms with E-state index in [4.69, 9.17) is 9.72 Å². The second-order valence-electron chi connectivity index (χ2n) is 10.4. The maximum absolute atomic E-state index is 15.3. The Morgan fingerprint density at radius 3 is 2.92 bits per heavy atom. The first-order valence-corrected chi connectivity index (χ1v) is 13.8. The average Bonchev–Trinajstić information content (AvgIpc) is 3.47. The molecule has 2 aromatic heterocycles. The average molecular weight is 590 g/mol. The van der Waals surface area contributed by atoms with Crippen molar-refractivity contribution in [2.24, 2.45) is 0 Å². The molecule has 12 heteroatoms. The van der Waals surface area contributed by atoms with Crippen molar-refractivity contribution in [1.29, 1.82) is 0 Å². The van der Waals surface area contributed by atoms with E-state index >= 15 is 4.39 Å². The minimum atomic E-state index is -0.870. The molecular weight excluding hydrogens is 560 g/mol. The van der Waals surface area contributed by atoms with Gasteiger partial charge in [-0.3, -0.25) is 14.4 Å². The summed E-state index contributed by atoms with van der Waals surface area (Å²) in [6, 6.07) is 3.53. The van der Waals surface area contributed by atoms with Crippen LogP contribution in [0.25, 0.3) is 10.9 Å². The maximum Gasteiger partial charge on any atom is 0.319 e. The number of aryl methyl sites for hydroxylation is 1. The van der Waals surface area contributed by atoms with Crippen LogP contribution in [-0.4, -0.2) is 75.6 Å². The van der Waals surface area contributed by atoms with Gasteiger partial charge in [-0.2, -0.15) is 15.1 Å². The predicted molar refractivity (Wildman–Crippen MR) is 142 cm³/mol. The smallest absolute Gasteiger partial charge is 0.319 e. The number of alkyl halides is 1. The number of anilines is 1. The minimum absolute atomic E-state index is 0.0774. The van der Waals surface area contributed by atoms with Gasteiger partial charge in [0, 0.05) is 44.1 Å². The monoisotopic (exact) mass is 589 g/mol. The third-order valence-corrected chi connectivity index (χ3v) is 8.76. The molecule has 0 aliphatic carbocycles. The molecule has 3 aliphatic heterocycles. The molecule has 9 nitrogen and oxygen atoms in total. The summed E-state index contributed by atoms with van der Waals surface area (Å²) in [7, 11) is 1.59. The molecule has 0 spiro atoms. The Hall–Kier alpha value is -2.86. The Morgan fingerprint density at radius 1 is 1.26 bits per heavy atom. The number of hydrogen-bond donors (Lipinski definition) is 1. The Morgan fingerprint density at radius 2 is 2.11 bits per heavy atom. The van der Waals surface area contributed by atoms with Gasteiger partial charge in [-0.1, -0.05) is 0 Å². The van der Waals surface area contributed by atoms with E-state index in [9.17, 15) is 9.18 Å². The molecule has 1 aromatic carbocycles. The fourth-order valence-electron chi connectivity index (χ4n) is 6.21. The van der Waals surface area contributed by atoms with Crippen LogP contribution in [0.3, 0.4) is 0 Å². The zero-order valence-electron chi connectivity index (χ0n) is 21.4. The van der Waals surface area contributed by atoms with Gasteiger partial charge in [-0.25, -0.2) is 8.78 Å². The SMILES string of the molecule is CNC(=O)c1nn2c(c1C)CN(c1nc(OC[C@@]34CCCN3C[C@H](F)C4)nc3c(F)c(Br)ccc13)CCC2. The second kappa shape index (κ2) is 9.71. The zero-order chi connectivity index (χ0) is 26.6. The molecule has 0 radical (unpaired) electrons. The lowest BCUT2D eigenvalue weighted by Gasteiger charge is -2.31. The molecule has 2 atom stereocenters. The summed E-state index contributed by atoms with van der Waals surface area (Å²) in [5.41, 5.74) is 1.92. The van der Waals surface area contributed by atoms with Gasteiger partial charge in [0.05, 0.1) is 22.3 Å². The van der Waals surface area contributed by atoms with E-state index in [1.807, 2.05) is 11.6 Å². The van der Waals surface area contributed by atoms with Crippen molar-refractivity contribution in [2.45, 2.75) is 57.4 Å². The third kappa shape index (κ3) is 4.21. The lowest BCUT2D eigenvalue weighted by molar-refractivity contribution is 0.0956. The van der Waals surface area contributed by atoms with E-state index in [0.29, 0.717) is 54.0 Å². The molecule has 0 bridgehead atoms. The predicted octanol–water partition coefficient (Wildman–Crippen LogP) is 3.76. The maximum atomic E-state index is 15.3. The number of carbonyl (C=O) groups is 1. The van der Waals surface area contributed by atoms with E-state index in [-0.39, 0.29) is 29.6 Å². The molecule has 202 valence electrons. The number of hydrogen-bond acceptors (Lipinski definition) is 7. The fourth-order valence-corrected chi connectivity index (χ4v) is 6.53. The van der Waals surface area contributed by atoms with Crippen LogP contribution >= 0.6 is 15.9 Å². The Labute approximate surface area is 227 Å². The van der Waals surface area contributed by atoms with E-state index in [1.165, 1.54) is 0 Å². The van der Waals surface area contributed by atoms with Gasteiger partial charge in [0.25, 0.3) is 5.91 Å². The number of carbonyl (C=O) groups excluding carboxylic acids is 1. The summed E-state index contributed by atoms with van der Waals surface area (Å²) in [5.74, 6) is -0.158. The number of amides is 1. The molecule has 2 fully saturated rings. The second-order valence-corrected chi connectivity index (χ2v) is 11.3. The molecule has 1 amide bonds. The normalized spacial score (nSPS) is 23.4. The first kappa shape index (κ1) is 25.4. The number of nitrogens with one attached hydrogen (secondary N) is 1. The highest BCUT2D eigenvalue weighted by Crippen LogP contribution is 2.41. The van der Waals surface area contributed by atoms with Crippen LogP contribution in [-0.2, 0) is 13.1 Å². The number of rotatable bonds is 5. The highest BCUT2D eigenvalue weighted by atomic mass is 79.9. The molecule has 3 aliphatic rings. The first-order chi connectivity index (χ1) is 18.3. The number of fused-ring (bicyclic) bond motifs is 3. The van der Waals surface area contributed by atoms with E-state index in [1.54, 1.807) is 19.2 Å². The van der Waals surface area contributed by atoms with Gasteiger partial charge < -0.3 is 15.0 Å². The Kier molecular flexibility index (Phi) is 6.50. The molecule has 6 rings (SSSR count). The summed E-state index contributed by atoms with van der Waals surface area (Å²) in [5, 5.41) is 7.76. The van der Waals surface area contributed by atoms with Crippen LogP contribution in [0.5, 0.6) is 6.01 Å². The highest BCUT2D eigenvalue weighted by Gasteiger charge is 2.49. The van der Waals surface area contributed by atoms with Crippen molar-refractivity contribution in [2.75, 3.05) is 38.2 Å². The van der Waals surface area contributed by atoms with Gasteiger partial charge in [0.2, 0.25) is 0 Å². The largest absolute Gasteiger partial charge is 0.461 e. The summed E-state index contributed by atoms with van der Waals surface area (Å²) < 4.78 is 37.9. The Bertz CT molecular complexity index is 1420. The van der Waals surface area contributed by atoms with Crippen LogP contribution in [0.15, 0.2) is 16.6 Å². The Balaban J connectivity index is 1.38. The summed E-state index contributed by atoms with van der Waals surface area (Å²) in [6.07, 6.45) is 2.18. The molecule has 2 saturated heterocycles. The van der Waals surface area contributed by atoms with Crippen molar-refractivity contribution in [3.05, 3.63) is 39.4 Å². The van der Waals surface area contributed by atoms with E-state index in [2.05, 4.69) is 41.1 Å². The standard InChI is InChI=1S/C26H30BrF2N7O2/c1-15-19-13-34(8-4-10-36(19)33-21(15)24(37)30-2)23-17-5-6-18(27)20(29)22(17)31-25(32-23)38-14-26-7-3-9-35(26)12-16(28)11-26/h5-6,16H,3-4,7-14H2,1-2H3,(H,30,37)/t16-,26+/m1/s1. The van der Waals surface area contributed by atoms with Crippen LogP contribution in [0.1, 0.15) is 47.4 Å². The lowest BCUT2D eigenvalue weighted by atomic mass is 9.95. The van der Waals surface area contributed by atoms with Crippen molar-refractivity contribution in [3.8, 4) is 6.01 Å². The van der Waals surface area contributed by atoms with Crippen molar-refractivity contribution < 1.29 is 18.3 Å². The third-order valence-electron chi connectivity index (χ3n) is 8.15. The number of nitrogens with zero attached hydrogens (tertiary/aromatic N) is 6. The van der Waals surface area contributed by atoms with Crippen LogP contribution < -0.4 is 15.0 Å². The minimum Gasteiger partial charge on any atom is -0.461 e. The molecule has 38 heavy (non-hydrogen) atoms. The summed E-state index contributed by atoms with van der Waals surface area (Å²) >= 11 is 3.28.